The summed E-state index contributed by atoms with van der Waals surface area (Å²) in [5, 5.41) is 0. The number of esters is 2. The number of aromatic nitrogens is 3. The second-order valence-electron chi connectivity index (χ2n) is 16.3. The molecule has 6 aromatic rings. The minimum Gasteiger partial charge on any atom is -0.497 e. The van der Waals surface area contributed by atoms with Crippen LogP contribution in [0.25, 0.3) is 0 Å². The van der Waals surface area contributed by atoms with Crippen LogP contribution in [0.2, 0.25) is 0 Å². The van der Waals surface area contributed by atoms with Gasteiger partial charge in [0.25, 0.3) is 0 Å². The standard InChI is InChI=1S/C56H54N6O6/c1-40-7-9-42(10-8-40)12-15-46-33-49(58-53(35-46)55(63)67-5)38-61-27-25-60(37-48-32-45(31-41(2)57-48)14-11-43-17-21-51(65-3)22-18-43)26-28-62(30-29-61)39-50-34-47(36-54(59-50)56(64)68-6)16-13-44-19-23-52(66-4)24-20-44/h7-10,17-24,31-36H,25-30,37-39H2,1-6H3. The first kappa shape index (κ1) is 48.2. The number of hydrogen-bond acceptors (Lipinski definition) is 12. The van der Waals surface area contributed by atoms with E-state index in [4.69, 9.17) is 33.9 Å². The number of nitrogens with zero attached hydrogens (tertiary/aromatic N) is 6. The van der Waals surface area contributed by atoms with Gasteiger partial charge in [0.15, 0.2) is 0 Å². The Bertz CT molecular complexity index is 2920. The number of hydrogen-bond donors (Lipinski definition) is 0. The second kappa shape index (κ2) is 23.6. The third-order valence-electron chi connectivity index (χ3n) is 11.2. The van der Waals surface area contributed by atoms with Crippen molar-refractivity contribution in [3.05, 3.63) is 182 Å². The lowest BCUT2D eigenvalue weighted by atomic mass is 10.1. The first-order chi connectivity index (χ1) is 33.0. The van der Waals surface area contributed by atoms with Crippen molar-refractivity contribution in [1.82, 2.24) is 29.7 Å². The molecule has 0 unspecified atom stereocenters. The van der Waals surface area contributed by atoms with Crippen LogP contribution in [0.1, 0.15) is 82.7 Å². The number of carbonyl (C=O) groups excluding carboxylic acids is 2. The van der Waals surface area contributed by atoms with Gasteiger partial charge in [-0.15, -0.1) is 0 Å². The molecule has 0 radical (unpaired) electrons. The third kappa shape index (κ3) is 14.1. The quantitative estimate of drug-likeness (QED) is 0.103. The zero-order valence-electron chi connectivity index (χ0n) is 39.4. The van der Waals surface area contributed by atoms with Gasteiger partial charge in [0, 0.05) is 98.0 Å². The maximum Gasteiger partial charge on any atom is 0.356 e. The summed E-state index contributed by atoms with van der Waals surface area (Å²) in [6.07, 6.45) is 0. The Morgan fingerprint density at radius 1 is 0.441 bits per heavy atom. The maximum atomic E-state index is 12.9. The first-order valence-corrected chi connectivity index (χ1v) is 22.3. The topological polar surface area (TPSA) is 119 Å². The Morgan fingerprint density at radius 3 is 1.12 bits per heavy atom. The van der Waals surface area contributed by atoms with Gasteiger partial charge in [-0.25, -0.2) is 19.6 Å². The monoisotopic (exact) mass is 906 g/mol. The summed E-state index contributed by atoms with van der Waals surface area (Å²) in [5.41, 5.74) is 9.49. The molecule has 68 heavy (non-hydrogen) atoms. The summed E-state index contributed by atoms with van der Waals surface area (Å²) < 4.78 is 20.8. The van der Waals surface area contributed by atoms with Gasteiger partial charge in [-0.05, 0) is 111 Å². The first-order valence-electron chi connectivity index (χ1n) is 22.3. The molecular weight excluding hydrogens is 853 g/mol. The number of aryl methyl sites for hydroxylation is 2. The number of ether oxygens (including phenoxy) is 4. The Hall–Kier alpha value is -7.79. The van der Waals surface area contributed by atoms with Crippen LogP contribution in [0.4, 0.5) is 0 Å². The Balaban J connectivity index is 1.17. The van der Waals surface area contributed by atoms with Gasteiger partial charge in [-0.1, -0.05) is 53.2 Å². The van der Waals surface area contributed by atoms with Gasteiger partial charge >= 0.3 is 11.9 Å². The molecule has 12 heteroatoms. The Kier molecular flexibility index (Phi) is 16.7. The number of carbonyl (C=O) groups is 2. The molecule has 12 nitrogen and oxygen atoms in total. The fraction of sp³-hybridized carbons (Fsp3) is 0.268. The van der Waals surface area contributed by atoms with E-state index in [1.165, 1.54) is 14.2 Å². The minimum atomic E-state index is -0.538. The molecule has 0 amide bonds. The van der Waals surface area contributed by atoms with Crippen molar-refractivity contribution in [3.63, 3.8) is 0 Å². The lowest BCUT2D eigenvalue weighted by Crippen LogP contribution is -2.36. The predicted molar refractivity (Wildman–Crippen MR) is 261 cm³/mol. The molecule has 0 bridgehead atoms. The summed E-state index contributed by atoms with van der Waals surface area (Å²) >= 11 is 0. The highest BCUT2D eigenvalue weighted by Crippen LogP contribution is 2.17. The molecule has 1 saturated heterocycles. The van der Waals surface area contributed by atoms with Crippen LogP contribution in [-0.4, -0.2) is 109 Å². The van der Waals surface area contributed by atoms with Gasteiger partial charge in [-0.3, -0.25) is 19.7 Å². The molecule has 0 atom stereocenters. The fourth-order valence-corrected chi connectivity index (χ4v) is 7.55. The van der Waals surface area contributed by atoms with Gasteiger partial charge in [-0.2, -0.15) is 0 Å². The number of pyridine rings is 3. The van der Waals surface area contributed by atoms with E-state index in [1.807, 2.05) is 105 Å². The third-order valence-corrected chi connectivity index (χ3v) is 11.2. The fourth-order valence-electron chi connectivity index (χ4n) is 7.55. The van der Waals surface area contributed by atoms with E-state index >= 15 is 0 Å². The highest BCUT2D eigenvalue weighted by atomic mass is 16.5. The van der Waals surface area contributed by atoms with Crippen molar-refractivity contribution in [1.29, 1.82) is 0 Å². The van der Waals surface area contributed by atoms with E-state index in [0.717, 1.165) is 63.8 Å². The average molecular weight is 907 g/mol. The molecule has 0 saturated carbocycles. The normalized spacial score (nSPS) is 13.1. The maximum absolute atomic E-state index is 12.9. The zero-order valence-corrected chi connectivity index (χ0v) is 39.4. The predicted octanol–water partition coefficient (Wildman–Crippen LogP) is 7.10. The van der Waals surface area contributed by atoms with Gasteiger partial charge in [0.1, 0.15) is 22.9 Å². The molecule has 3 aromatic carbocycles. The van der Waals surface area contributed by atoms with Crippen LogP contribution in [0.3, 0.4) is 0 Å². The average Bonchev–Trinajstić information content (AvgIpc) is 3.44. The molecule has 4 heterocycles. The van der Waals surface area contributed by atoms with Crippen molar-refractivity contribution in [2.75, 3.05) is 67.7 Å². The highest BCUT2D eigenvalue weighted by Gasteiger charge is 2.21. The van der Waals surface area contributed by atoms with Crippen molar-refractivity contribution in [2.24, 2.45) is 0 Å². The summed E-state index contributed by atoms with van der Waals surface area (Å²) in [4.78, 5) is 47.4. The molecule has 0 N–H and O–H groups in total. The van der Waals surface area contributed by atoms with Crippen molar-refractivity contribution in [3.8, 4) is 47.0 Å². The van der Waals surface area contributed by atoms with Crippen LogP contribution < -0.4 is 9.47 Å². The van der Waals surface area contributed by atoms with Crippen LogP contribution in [0.15, 0.2) is 109 Å². The zero-order chi connectivity index (χ0) is 47.8. The molecule has 7 rings (SSSR count). The van der Waals surface area contributed by atoms with Crippen LogP contribution in [0.5, 0.6) is 11.5 Å². The molecule has 1 aliphatic heterocycles. The number of rotatable bonds is 10. The van der Waals surface area contributed by atoms with E-state index in [-0.39, 0.29) is 11.4 Å². The minimum absolute atomic E-state index is 0.186. The molecule has 3 aromatic heterocycles. The van der Waals surface area contributed by atoms with Crippen LogP contribution in [-0.2, 0) is 29.1 Å². The smallest absolute Gasteiger partial charge is 0.356 e. The summed E-state index contributed by atoms with van der Waals surface area (Å²) in [6.45, 7) is 9.75. The van der Waals surface area contributed by atoms with Crippen molar-refractivity contribution in [2.45, 2.75) is 33.5 Å². The molecule has 1 aliphatic rings. The Morgan fingerprint density at radius 2 is 0.765 bits per heavy atom. The summed E-state index contributed by atoms with van der Waals surface area (Å²) in [5.74, 6) is 20.0. The van der Waals surface area contributed by atoms with Gasteiger partial charge in [0.05, 0.1) is 45.5 Å². The van der Waals surface area contributed by atoms with E-state index in [2.05, 4.69) is 56.3 Å². The van der Waals surface area contributed by atoms with E-state index < -0.39 is 11.9 Å². The highest BCUT2D eigenvalue weighted by molar-refractivity contribution is 5.88. The second-order valence-corrected chi connectivity index (χ2v) is 16.3. The number of benzene rings is 3. The van der Waals surface area contributed by atoms with E-state index in [1.54, 1.807) is 26.4 Å². The largest absolute Gasteiger partial charge is 0.497 e. The molecular formula is C56H54N6O6. The molecule has 344 valence electrons. The van der Waals surface area contributed by atoms with Crippen LogP contribution in [0, 0.1) is 49.4 Å². The van der Waals surface area contributed by atoms with Gasteiger partial charge < -0.3 is 18.9 Å². The summed E-state index contributed by atoms with van der Waals surface area (Å²) in [6, 6.07) is 34.5. The molecule has 0 aliphatic carbocycles. The molecule has 1 fully saturated rings. The van der Waals surface area contributed by atoms with E-state index in [9.17, 15) is 9.59 Å². The summed E-state index contributed by atoms with van der Waals surface area (Å²) in [7, 11) is 5.97. The van der Waals surface area contributed by atoms with Crippen molar-refractivity contribution < 1.29 is 28.5 Å². The SMILES string of the molecule is COC(=O)c1cc(C#Cc2ccc(C)cc2)cc(CN2CCN(Cc3cc(C#Cc4ccc(OC)cc4)cc(C)n3)CCN(Cc3cc(C#Cc4ccc(OC)cc4)cc(C(=O)OC)n3)CC2)n1. The van der Waals surface area contributed by atoms with E-state index in [0.29, 0.717) is 68.3 Å². The van der Waals surface area contributed by atoms with Gasteiger partial charge in [0.2, 0.25) is 0 Å². The number of methoxy groups -OCH3 is 4. The lowest BCUT2D eigenvalue weighted by molar-refractivity contribution is 0.0584. The molecule has 0 spiro atoms. The lowest BCUT2D eigenvalue weighted by Gasteiger charge is -2.25. The Labute approximate surface area is 399 Å². The van der Waals surface area contributed by atoms with Crippen LogP contribution >= 0.6 is 0 Å². The van der Waals surface area contributed by atoms with Crippen molar-refractivity contribution >= 4 is 11.9 Å².